The highest BCUT2D eigenvalue weighted by Gasteiger charge is 2.16. The molecule has 0 spiro atoms. The summed E-state index contributed by atoms with van der Waals surface area (Å²) >= 11 is 1.97. The molecule has 2 N–H and O–H groups in total. The Balaban J connectivity index is 3.24. The highest BCUT2D eigenvalue weighted by molar-refractivity contribution is 14.1. The molecule has 92 valence electrons. The maximum absolute atomic E-state index is 10.8. The number of carboxylic acid groups (broad SMARTS) is 2. The summed E-state index contributed by atoms with van der Waals surface area (Å²) in [5, 5.41) is 17.6. The Hall–Kier alpha value is -1.31. The summed E-state index contributed by atoms with van der Waals surface area (Å²) in [5.41, 5.74) is 1.00. The quantitative estimate of drug-likeness (QED) is 0.788. The molecular weight excluding hydrogens is 339 g/mol. The number of aliphatic carboxylic acids is 2. The molecule has 5 nitrogen and oxygen atoms in total. The van der Waals surface area contributed by atoms with Crippen LogP contribution in [-0.2, 0) is 22.4 Å². The van der Waals surface area contributed by atoms with Crippen molar-refractivity contribution in [3.8, 4) is 5.75 Å². The van der Waals surface area contributed by atoms with Gasteiger partial charge in [0.25, 0.3) is 0 Å². The van der Waals surface area contributed by atoms with E-state index in [9.17, 15) is 9.59 Å². The highest BCUT2D eigenvalue weighted by atomic mass is 127. The Morgan fingerprint density at radius 2 is 1.82 bits per heavy atom. The molecule has 17 heavy (non-hydrogen) atoms. The van der Waals surface area contributed by atoms with Gasteiger partial charge in [0, 0.05) is 0 Å². The summed E-state index contributed by atoms with van der Waals surface area (Å²) in [6, 6.07) is 3.23. The minimum atomic E-state index is -0.997. The molecule has 0 aromatic heterocycles. The molecule has 1 aromatic rings. The van der Waals surface area contributed by atoms with Crippen LogP contribution in [0.25, 0.3) is 0 Å². The van der Waals surface area contributed by atoms with Crippen molar-refractivity contribution in [2.45, 2.75) is 12.8 Å². The molecule has 0 fully saturated rings. The van der Waals surface area contributed by atoms with Crippen molar-refractivity contribution in [1.29, 1.82) is 0 Å². The molecule has 6 heteroatoms. The molecular formula is C11H11IO5. The van der Waals surface area contributed by atoms with E-state index in [4.69, 9.17) is 14.9 Å². The van der Waals surface area contributed by atoms with Crippen LogP contribution >= 0.6 is 22.6 Å². The average molecular weight is 350 g/mol. The summed E-state index contributed by atoms with van der Waals surface area (Å²) < 4.78 is 5.72. The largest absolute Gasteiger partial charge is 0.496 e. The van der Waals surface area contributed by atoms with Crippen molar-refractivity contribution in [2.75, 3.05) is 7.11 Å². The van der Waals surface area contributed by atoms with Gasteiger partial charge in [-0.15, -0.1) is 0 Å². The molecule has 0 radical (unpaired) electrons. The maximum Gasteiger partial charge on any atom is 0.307 e. The van der Waals surface area contributed by atoms with Crippen molar-refractivity contribution in [3.63, 3.8) is 0 Å². The Kier molecular flexibility index (Phi) is 4.73. The van der Waals surface area contributed by atoms with Gasteiger partial charge in [-0.05, 0) is 39.8 Å². The highest BCUT2D eigenvalue weighted by Crippen LogP contribution is 2.28. The van der Waals surface area contributed by atoms with Crippen molar-refractivity contribution in [1.82, 2.24) is 0 Å². The van der Waals surface area contributed by atoms with Gasteiger partial charge in [0.2, 0.25) is 0 Å². The molecule has 0 saturated carbocycles. The average Bonchev–Trinajstić information content (AvgIpc) is 2.22. The number of carboxylic acids is 2. The molecule has 0 saturated heterocycles. The van der Waals surface area contributed by atoms with Crippen molar-refractivity contribution < 1.29 is 24.5 Å². The van der Waals surface area contributed by atoms with Crippen LogP contribution < -0.4 is 4.74 Å². The van der Waals surface area contributed by atoms with Gasteiger partial charge in [-0.1, -0.05) is 6.07 Å². The van der Waals surface area contributed by atoms with E-state index < -0.39 is 11.9 Å². The zero-order valence-corrected chi connectivity index (χ0v) is 11.2. The monoisotopic (exact) mass is 350 g/mol. The number of benzene rings is 1. The second-order valence-electron chi connectivity index (χ2n) is 3.36. The number of hydrogen-bond donors (Lipinski definition) is 2. The molecule has 0 amide bonds. The van der Waals surface area contributed by atoms with Crippen LogP contribution in [0.15, 0.2) is 12.1 Å². The standard InChI is InChI=1S/C11H11IO5/c1-17-8-3-2-6(4-9(13)14)7(11(8)12)5-10(15)16/h2-3H,4-5H2,1H3,(H,13,14)(H,15,16). The van der Waals surface area contributed by atoms with E-state index in [1.807, 2.05) is 22.6 Å². The molecule has 0 aliphatic carbocycles. The third-order valence-corrected chi connectivity index (χ3v) is 3.38. The molecule has 1 rings (SSSR count). The van der Waals surface area contributed by atoms with Crippen molar-refractivity contribution >= 4 is 34.5 Å². The van der Waals surface area contributed by atoms with Crippen LogP contribution in [0.3, 0.4) is 0 Å². The third-order valence-electron chi connectivity index (χ3n) is 2.19. The molecule has 0 atom stereocenters. The predicted molar refractivity (Wildman–Crippen MR) is 68.4 cm³/mol. The Morgan fingerprint density at radius 1 is 1.24 bits per heavy atom. The number of ether oxygens (including phenoxy) is 1. The molecule has 0 bridgehead atoms. The Labute approximate surface area is 112 Å². The minimum Gasteiger partial charge on any atom is -0.496 e. The molecule has 0 aliphatic heterocycles. The minimum absolute atomic E-state index is 0.192. The number of rotatable bonds is 5. The number of halogens is 1. The lowest BCUT2D eigenvalue weighted by atomic mass is 10.0. The van der Waals surface area contributed by atoms with Gasteiger partial charge >= 0.3 is 11.9 Å². The fraction of sp³-hybridized carbons (Fsp3) is 0.273. The van der Waals surface area contributed by atoms with Gasteiger partial charge < -0.3 is 14.9 Å². The van der Waals surface area contributed by atoms with E-state index in [0.29, 0.717) is 20.4 Å². The molecule has 0 heterocycles. The zero-order chi connectivity index (χ0) is 13.0. The lowest BCUT2D eigenvalue weighted by Gasteiger charge is -2.12. The summed E-state index contributed by atoms with van der Waals surface area (Å²) in [6.07, 6.45) is -0.402. The van der Waals surface area contributed by atoms with Gasteiger partial charge in [0.15, 0.2) is 0 Å². The second kappa shape index (κ2) is 5.85. The van der Waals surface area contributed by atoms with Crippen molar-refractivity contribution in [3.05, 3.63) is 26.8 Å². The molecule has 1 aromatic carbocycles. The van der Waals surface area contributed by atoms with Crippen LogP contribution in [-0.4, -0.2) is 29.3 Å². The van der Waals surface area contributed by atoms with E-state index in [0.717, 1.165) is 0 Å². The van der Waals surface area contributed by atoms with E-state index in [1.54, 1.807) is 12.1 Å². The Morgan fingerprint density at radius 3 is 2.29 bits per heavy atom. The van der Waals surface area contributed by atoms with Crippen LogP contribution in [0.4, 0.5) is 0 Å². The van der Waals surface area contributed by atoms with E-state index in [-0.39, 0.29) is 12.8 Å². The lowest BCUT2D eigenvalue weighted by Crippen LogP contribution is -2.10. The summed E-state index contributed by atoms with van der Waals surface area (Å²) in [7, 11) is 1.49. The zero-order valence-electron chi connectivity index (χ0n) is 9.07. The summed E-state index contributed by atoms with van der Waals surface area (Å²) in [5.74, 6) is -1.43. The maximum atomic E-state index is 10.8. The van der Waals surface area contributed by atoms with E-state index >= 15 is 0 Å². The number of methoxy groups -OCH3 is 1. The Bertz CT molecular complexity index is 455. The smallest absolute Gasteiger partial charge is 0.307 e. The van der Waals surface area contributed by atoms with Gasteiger partial charge in [0.1, 0.15) is 5.75 Å². The molecule has 0 aliphatic rings. The lowest BCUT2D eigenvalue weighted by molar-refractivity contribution is -0.137. The first-order valence-electron chi connectivity index (χ1n) is 4.73. The third kappa shape index (κ3) is 3.58. The van der Waals surface area contributed by atoms with E-state index in [2.05, 4.69) is 0 Å². The summed E-state index contributed by atoms with van der Waals surface area (Å²) in [6.45, 7) is 0. The van der Waals surface area contributed by atoms with Crippen LogP contribution in [0, 0.1) is 3.57 Å². The van der Waals surface area contributed by atoms with Crippen LogP contribution in [0.1, 0.15) is 11.1 Å². The fourth-order valence-corrected chi connectivity index (χ4v) is 2.41. The fourth-order valence-electron chi connectivity index (χ4n) is 1.47. The molecule has 0 unspecified atom stereocenters. The summed E-state index contributed by atoms with van der Waals surface area (Å²) in [4.78, 5) is 21.5. The number of hydrogen-bond acceptors (Lipinski definition) is 3. The van der Waals surface area contributed by atoms with Gasteiger partial charge in [0.05, 0.1) is 23.5 Å². The van der Waals surface area contributed by atoms with Gasteiger partial charge in [-0.3, -0.25) is 9.59 Å². The topological polar surface area (TPSA) is 83.8 Å². The first-order chi connectivity index (χ1) is 7.95. The first kappa shape index (κ1) is 13.8. The predicted octanol–water partition coefficient (Wildman–Crippen LogP) is 1.55. The van der Waals surface area contributed by atoms with Crippen molar-refractivity contribution in [2.24, 2.45) is 0 Å². The van der Waals surface area contributed by atoms with Gasteiger partial charge in [-0.2, -0.15) is 0 Å². The SMILES string of the molecule is COc1ccc(CC(=O)O)c(CC(=O)O)c1I. The second-order valence-corrected chi connectivity index (χ2v) is 4.44. The van der Waals surface area contributed by atoms with Crippen LogP contribution in [0.5, 0.6) is 5.75 Å². The normalized spacial score (nSPS) is 10.0. The number of carbonyl (C=O) groups is 2. The van der Waals surface area contributed by atoms with Crippen LogP contribution in [0.2, 0.25) is 0 Å². The van der Waals surface area contributed by atoms with E-state index in [1.165, 1.54) is 7.11 Å². The van der Waals surface area contributed by atoms with Gasteiger partial charge in [-0.25, -0.2) is 0 Å². The first-order valence-corrected chi connectivity index (χ1v) is 5.81.